The third kappa shape index (κ3) is 3.91. The zero-order valence-electron chi connectivity index (χ0n) is 18.0. The van der Waals surface area contributed by atoms with Gasteiger partial charge in [0.2, 0.25) is 0 Å². The molecule has 6 nitrogen and oxygen atoms in total. The number of pyridine rings is 1. The van der Waals surface area contributed by atoms with E-state index in [9.17, 15) is 4.79 Å². The van der Waals surface area contributed by atoms with Crippen LogP contribution in [-0.2, 0) is 13.0 Å². The lowest BCUT2D eigenvalue weighted by atomic mass is 10.1. The summed E-state index contributed by atoms with van der Waals surface area (Å²) in [5.74, 6) is 0.525. The van der Waals surface area contributed by atoms with Gasteiger partial charge in [-0.25, -0.2) is 4.98 Å². The summed E-state index contributed by atoms with van der Waals surface area (Å²) in [6, 6.07) is 14.2. The van der Waals surface area contributed by atoms with Crippen molar-refractivity contribution in [3.63, 3.8) is 0 Å². The molecule has 7 heteroatoms. The van der Waals surface area contributed by atoms with Crippen LogP contribution in [0.25, 0.3) is 11.3 Å². The lowest BCUT2D eigenvalue weighted by Gasteiger charge is -2.24. The molecule has 2 atom stereocenters. The molecule has 0 saturated heterocycles. The summed E-state index contributed by atoms with van der Waals surface area (Å²) in [5.41, 5.74) is 5.01. The number of anilines is 1. The van der Waals surface area contributed by atoms with Gasteiger partial charge in [-0.05, 0) is 50.1 Å². The van der Waals surface area contributed by atoms with Crippen molar-refractivity contribution in [2.45, 2.75) is 38.9 Å². The second-order valence-corrected chi connectivity index (χ2v) is 8.96. The van der Waals surface area contributed by atoms with E-state index in [1.807, 2.05) is 24.4 Å². The van der Waals surface area contributed by atoms with Gasteiger partial charge in [-0.2, -0.15) is 0 Å². The topological polar surface area (TPSA) is 71.3 Å². The number of benzene rings is 1. The number of para-hydroxylation sites is 1. The average molecular weight is 445 g/mol. The highest BCUT2D eigenvalue weighted by atomic mass is 32.1. The van der Waals surface area contributed by atoms with Crippen LogP contribution in [0, 0.1) is 0 Å². The van der Waals surface area contributed by atoms with E-state index < -0.39 is 0 Å². The molecule has 1 amide bonds. The normalized spacial score (nSPS) is 16.1. The predicted octanol–water partition coefficient (Wildman–Crippen LogP) is 5.24. The number of nitrogens with zero attached hydrogens (tertiary/aromatic N) is 3. The van der Waals surface area contributed by atoms with Gasteiger partial charge < -0.3 is 14.6 Å². The minimum absolute atomic E-state index is 0.151. The maximum atomic E-state index is 13.1. The summed E-state index contributed by atoms with van der Waals surface area (Å²) in [5, 5.41) is 5.94. The van der Waals surface area contributed by atoms with Crippen LogP contribution in [0.15, 0.2) is 70.9 Å². The Bertz CT molecular complexity index is 1230. The van der Waals surface area contributed by atoms with Crippen LogP contribution >= 0.6 is 11.3 Å². The van der Waals surface area contributed by atoms with E-state index in [0.29, 0.717) is 23.9 Å². The highest BCUT2D eigenvalue weighted by Crippen LogP contribution is 2.34. The Kier molecular flexibility index (Phi) is 5.49. The standard InChI is InChI=1S/C25H24N4O2S/c1-16-13-19-5-3-4-6-22(19)29(16)14-23-20(9-12-31-23)24(30)27-17(2)25-28-21(15-32-25)18-7-10-26-11-8-18/h3-12,15-17H,13-14H2,1-2H3,(H,27,30). The third-order valence-corrected chi connectivity index (χ3v) is 6.90. The van der Waals surface area contributed by atoms with E-state index in [4.69, 9.17) is 9.40 Å². The first kappa shape index (κ1) is 20.5. The molecule has 4 heterocycles. The fourth-order valence-electron chi connectivity index (χ4n) is 4.17. The van der Waals surface area contributed by atoms with Crippen LogP contribution in [0.4, 0.5) is 5.69 Å². The van der Waals surface area contributed by atoms with Gasteiger partial charge in [-0.15, -0.1) is 11.3 Å². The van der Waals surface area contributed by atoms with Crippen LogP contribution in [0.3, 0.4) is 0 Å². The Morgan fingerprint density at radius 1 is 1.25 bits per heavy atom. The van der Waals surface area contributed by atoms with E-state index in [1.165, 1.54) is 22.6 Å². The molecule has 5 rings (SSSR count). The fraction of sp³-hybridized carbons (Fsp3) is 0.240. The summed E-state index contributed by atoms with van der Waals surface area (Å²) in [7, 11) is 0. The molecule has 0 saturated carbocycles. The van der Waals surface area contributed by atoms with Crippen molar-refractivity contribution in [3.05, 3.63) is 88.4 Å². The highest BCUT2D eigenvalue weighted by molar-refractivity contribution is 7.10. The molecule has 3 aromatic heterocycles. The predicted molar refractivity (Wildman–Crippen MR) is 126 cm³/mol. The van der Waals surface area contributed by atoms with E-state index in [0.717, 1.165) is 22.7 Å². The number of furan rings is 1. The second kappa shape index (κ2) is 8.59. The number of hydrogen-bond acceptors (Lipinski definition) is 6. The molecule has 1 aliphatic heterocycles. The van der Waals surface area contributed by atoms with E-state index in [2.05, 4.69) is 46.4 Å². The van der Waals surface area contributed by atoms with Gasteiger partial charge in [0.15, 0.2) is 0 Å². The number of hydrogen-bond donors (Lipinski definition) is 1. The van der Waals surface area contributed by atoms with Crippen molar-refractivity contribution in [3.8, 4) is 11.3 Å². The minimum atomic E-state index is -0.211. The summed E-state index contributed by atoms with van der Waals surface area (Å²) in [6.07, 6.45) is 6.09. The Balaban J connectivity index is 1.29. The molecule has 32 heavy (non-hydrogen) atoms. The number of fused-ring (bicyclic) bond motifs is 1. The zero-order chi connectivity index (χ0) is 22.1. The van der Waals surface area contributed by atoms with Crippen molar-refractivity contribution in [2.75, 3.05) is 4.90 Å². The van der Waals surface area contributed by atoms with Gasteiger partial charge in [0.25, 0.3) is 5.91 Å². The van der Waals surface area contributed by atoms with Crippen LogP contribution in [0.2, 0.25) is 0 Å². The van der Waals surface area contributed by atoms with Gasteiger partial charge in [-0.1, -0.05) is 18.2 Å². The first-order chi connectivity index (χ1) is 15.6. The van der Waals surface area contributed by atoms with Gasteiger partial charge in [-0.3, -0.25) is 9.78 Å². The molecule has 0 fully saturated rings. The van der Waals surface area contributed by atoms with Crippen molar-refractivity contribution in [1.29, 1.82) is 0 Å². The van der Waals surface area contributed by atoms with E-state index in [-0.39, 0.29) is 11.9 Å². The molecular weight excluding hydrogens is 420 g/mol. The number of carbonyl (C=O) groups is 1. The van der Waals surface area contributed by atoms with Gasteiger partial charge in [0, 0.05) is 35.1 Å². The molecule has 0 spiro atoms. The van der Waals surface area contributed by atoms with Gasteiger partial charge >= 0.3 is 0 Å². The number of aromatic nitrogens is 2. The minimum Gasteiger partial charge on any atom is -0.467 e. The summed E-state index contributed by atoms with van der Waals surface area (Å²) in [6.45, 7) is 4.71. The molecular formula is C25H24N4O2S. The van der Waals surface area contributed by atoms with Crippen molar-refractivity contribution < 1.29 is 9.21 Å². The van der Waals surface area contributed by atoms with Crippen molar-refractivity contribution >= 4 is 22.9 Å². The second-order valence-electron chi connectivity index (χ2n) is 8.07. The van der Waals surface area contributed by atoms with Gasteiger partial charge in [0.1, 0.15) is 10.8 Å². The number of carbonyl (C=O) groups excluding carboxylic acids is 1. The summed E-state index contributed by atoms with van der Waals surface area (Å²) >= 11 is 1.54. The molecule has 0 aliphatic carbocycles. The third-order valence-electron chi connectivity index (χ3n) is 5.87. The van der Waals surface area contributed by atoms with Crippen molar-refractivity contribution in [2.24, 2.45) is 0 Å². The lowest BCUT2D eigenvalue weighted by Crippen LogP contribution is -2.31. The number of nitrogens with one attached hydrogen (secondary N) is 1. The number of rotatable bonds is 6. The Labute approximate surface area is 190 Å². The summed E-state index contributed by atoms with van der Waals surface area (Å²) < 4.78 is 5.74. The molecule has 4 aromatic rings. The molecule has 1 aromatic carbocycles. The SMILES string of the molecule is CC(NC(=O)c1ccoc1CN1c2ccccc2CC1C)c1nc(-c2ccncc2)cs1. The maximum Gasteiger partial charge on any atom is 0.255 e. The average Bonchev–Trinajstić information content (AvgIpc) is 3.54. The number of amides is 1. The highest BCUT2D eigenvalue weighted by Gasteiger charge is 2.28. The van der Waals surface area contributed by atoms with E-state index in [1.54, 1.807) is 24.7 Å². The maximum absolute atomic E-state index is 13.1. The Hall–Kier alpha value is -3.45. The molecule has 2 unspecified atom stereocenters. The lowest BCUT2D eigenvalue weighted by molar-refractivity contribution is 0.0937. The molecule has 0 radical (unpaired) electrons. The summed E-state index contributed by atoms with van der Waals surface area (Å²) in [4.78, 5) is 24.1. The van der Waals surface area contributed by atoms with Crippen LogP contribution < -0.4 is 10.2 Å². The number of thiazole rings is 1. The van der Waals surface area contributed by atoms with Crippen LogP contribution in [0.5, 0.6) is 0 Å². The van der Waals surface area contributed by atoms with Gasteiger partial charge in [0.05, 0.1) is 30.1 Å². The first-order valence-electron chi connectivity index (χ1n) is 10.7. The smallest absolute Gasteiger partial charge is 0.255 e. The largest absolute Gasteiger partial charge is 0.467 e. The van der Waals surface area contributed by atoms with Crippen LogP contribution in [0.1, 0.15) is 46.6 Å². The van der Waals surface area contributed by atoms with E-state index >= 15 is 0 Å². The molecule has 162 valence electrons. The first-order valence-corrected chi connectivity index (χ1v) is 11.6. The zero-order valence-corrected chi connectivity index (χ0v) is 18.8. The molecule has 1 N–H and O–H groups in total. The quantitative estimate of drug-likeness (QED) is 0.440. The monoisotopic (exact) mass is 444 g/mol. The molecule has 0 bridgehead atoms. The molecule has 1 aliphatic rings. The van der Waals surface area contributed by atoms with Crippen molar-refractivity contribution in [1.82, 2.24) is 15.3 Å². The van der Waals surface area contributed by atoms with Crippen LogP contribution in [-0.4, -0.2) is 21.9 Å². The Morgan fingerprint density at radius 2 is 2.06 bits per heavy atom. The Morgan fingerprint density at radius 3 is 2.91 bits per heavy atom. The fourth-order valence-corrected chi connectivity index (χ4v) is 5.00.